The van der Waals surface area contributed by atoms with Crippen LogP contribution in [-0.4, -0.2) is 83.6 Å². The highest BCUT2D eigenvalue weighted by Gasteiger charge is 2.36. The zero-order valence-electron chi connectivity index (χ0n) is 24.6. The first-order chi connectivity index (χ1) is 21.8. The molecular formula is C32H31ClF2N8O2. The third-order valence-corrected chi connectivity index (χ3v) is 8.98. The number of rotatable bonds is 8. The second kappa shape index (κ2) is 12.8. The fourth-order valence-corrected chi connectivity index (χ4v) is 6.62. The smallest absolute Gasteiger partial charge is 0.319 e. The van der Waals surface area contributed by atoms with Gasteiger partial charge in [0.05, 0.1) is 41.9 Å². The summed E-state index contributed by atoms with van der Waals surface area (Å²) < 4.78 is 34.6. The Hall–Kier alpha value is -4.52. The molecule has 3 aliphatic rings. The third-order valence-electron chi connectivity index (χ3n) is 8.61. The van der Waals surface area contributed by atoms with Crippen molar-refractivity contribution in [2.75, 3.05) is 55.6 Å². The minimum absolute atomic E-state index is 0.0267. The number of hydrogen-bond acceptors (Lipinski definition) is 9. The second-order valence-electron chi connectivity index (χ2n) is 11.4. The van der Waals surface area contributed by atoms with Crippen LogP contribution in [0.4, 0.5) is 20.3 Å². The molecule has 6 rings (SSSR count). The summed E-state index contributed by atoms with van der Waals surface area (Å²) in [5.74, 6) is -1.69. The standard InChI is InChI=1S/C32H31ClF2N8O2/c1-20(34)31(44)43-15-14-42(16-22(43)8-11-37)30-24-9-13-41(27-5-2-4-21-6-7-25(35)29(33)28(21)27)19-26(24)38-32(39-30)45-23-17-40(18-23)12-3-10-36/h2,4-7,22-23H,1,3,8-9,12-19H2/t22-/m0/s1. The van der Waals surface area contributed by atoms with Crippen molar-refractivity contribution in [3.8, 4) is 18.1 Å². The number of hydrogen-bond donors (Lipinski definition) is 0. The van der Waals surface area contributed by atoms with Gasteiger partial charge in [-0.15, -0.1) is 0 Å². The Balaban J connectivity index is 1.33. The molecule has 3 aliphatic heterocycles. The quantitative estimate of drug-likeness (QED) is 0.334. The molecular weight excluding hydrogens is 602 g/mol. The van der Waals surface area contributed by atoms with Gasteiger partial charge in [-0.2, -0.15) is 20.5 Å². The van der Waals surface area contributed by atoms with Crippen molar-refractivity contribution in [2.24, 2.45) is 0 Å². The Labute approximate surface area is 264 Å². The van der Waals surface area contributed by atoms with E-state index in [9.17, 15) is 18.8 Å². The minimum atomic E-state index is -1.06. The number of halogens is 3. The molecule has 232 valence electrons. The second-order valence-corrected chi connectivity index (χ2v) is 11.8. The van der Waals surface area contributed by atoms with E-state index >= 15 is 0 Å². The molecule has 2 aromatic carbocycles. The number of anilines is 2. The largest absolute Gasteiger partial charge is 0.457 e. The van der Waals surface area contributed by atoms with Crippen molar-refractivity contribution in [3.05, 3.63) is 64.8 Å². The molecule has 0 aliphatic carbocycles. The zero-order chi connectivity index (χ0) is 31.7. The van der Waals surface area contributed by atoms with Crippen molar-refractivity contribution < 1.29 is 18.3 Å². The van der Waals surface area contributed by atoms with Crippen molar-refractivity contribution in [2.45, 2.75) is 38.0 Å². The summed E-state index contributed by atoms with van der Waals surface area (Å²) in [5.41, 5.74) is 2.47. The number of likely N-dealkylation sites (tertiary alicyclic amines) is 1. The number of piperazine rings is 1. The number of aromatic nitrogens is 2. The molecule has 1 aromatic heterocycles. The number of nitrogens with zero attached hydrogens (tertiary/aromatic N) is 8. The summed E-state index contributed by atoms with van der Waals surface area (Å²) in [5, 5.41) is 19.9. The first-order valence-corrected chi connectivity index (χ1v) is 15.2. The lowest BCUT2D eigenvalue weighted by Gasteiger charge is -2.42. The van der Waals surface area contributed by atoms with Gasteiger partial charge in [0, 0.05) is 68.9 Å². The van der Waals surface area contributed by atoms with E-state index in [1.54, 1.807) is 6.07 Å². The summed E-state index contributed by atoms with van der Waals surface area (Å²) in [6.45, 7) is 6.97. The number of carbonyl (C=O) groups excluding carboxylic acids is 1. The van der Waals surface area contributed by atoms with Gasteiger partial charge < -0.3 is 19.4 Å². The lowest BCUT2D eigenvalue weighted by Crippen LogP contribution is -2.56. The van der Waals surface area contributed by atoms with Crippen LogP contribution in [0.25, 0.3) is 10.8 Å². The highest BCUT2D eigenvalue weighted by Crippen LogP contribution is 2.38. The summed E-state index contributed by atoms with van der Waals surface area (Å²) >= 11 is 6.46. The molecule has 0 N–H and O–H groups in total. The average molecular weight is 633 g/mol. The number of ether oxygens (including phenoxy) is 1. The highest BCUT2D eigenvalue weighted by atomic mass is 35.5. The van der Waals surface area contributed by atoms with E-state index in [-0.39, 0.29) is 36.6 Å². The van der Waals surface area contributed by atoms with E-state index in [4.69, 9.17) is 31.6 Å². The summed E-state index contributed by atoms with van der Waals surface area (Å²) in [7, 11) is 0. The first kappa shape index (κ1) is 30.5. The fraction of sp³-hybridized carbons (Fsp3) is 0.406. The van der Waals surface area contributed by atoms with Crippen LogP contribution >= 0.6 is 11.6 Å². The normalized spacial score (nSPS) is 18.6. The van der Waals surface area contributed by atoms with Gasteiger partial charge in [-0.25, -0.2) is 8.78 Å². The lowest BCUT2D eigenvalue weighted by atomic mass is 10.0. The monoisotopic (exact) mass is 632 g/mol. The van der Waals surface area contributed by atoms with Crippen LogP contribution in [0.2, 0.25) is 5.02 Å². The number of amides is 1. The molecule has 0 radical (unpaired) electrons. The Bertz CT molecular complexity index is 1730. The topological polar surface area (TPSA) is 113 Å². The molecule has 45 heavy (non-hydrogen) atoms. The summed E-state index contributed by atoms with van der Waals surface area (Å²) in [4.78, 5) is 29.8. The molecule has 4 heterocycles. The molecule has 2 fully saturated rings. The number of carbonyl (C=O) groups is 1. The Morgan fingerprint density at radius 1 is 1.09 bits per heavy atom. The van der Waals surface area contributed by atoms with Crippen LogP contribution in [-0.2, 0) is 17.8 Å². The molecule has 0 bridgehead atoms. The number of nitriles is 2. The molecule has 3 aromatic rings. The van der Waals surface area contributed by atoms with Crippen LogP contribution in [0.5, 0.6) is 6.01 Å². The molecule has 10 nitrogen and oxygen atoms in total. The molecule has 1 atom stereocenters. The van der Waals surface area contributed by atoms with Gasteiger partial charge in [0.25, 0.3) is 5.91 Å². The Morgan fingerprint density at radius 2 is 1.91 bits per heavy atom. The summed E-state index contributed by atoms with van der Waals surface area (Å²) in [6.07, 6.45) is 0.908. The van der Waals surface area contributed by atoms with Gasteiger partial charge in [-0.05, 0) is 23.9 Å². The van der Waals surface area contributed by atoms with E-state index < -0.39 is 23.6 Å². The maximum absolute atomic E-state index is 14.5. The predicted molar refractivity (Wildman–Crippen MR) is 165 cm³/mol. The Kier molecular flexibility index (Phi) is 8.70. The van der Waals surface area contributed by atoms with Gasteiger partial charge in [-0.3, -0.25) is 9.69 Å². The van der Waals surface area contributed by atoms with Crippen LogP contribution in [0.3, 0.4) is 0 Å². The van der Waals surface area contributed by atoms with Gasteiger partial charge >= 0.3 is 6.01 Å². The molecule has 1 amide bonds. The fourth-order valence-electron chi connectivity index (χ4n) is 6.35. The van der Waals surface area contributed by atoms with Crippen LogP contribution in [0.15, 0.2) is 42.7 Å². The van der Waals surface area contributed by atoms with E-state index in [0.717, 1.165) is 22.3 Å². The summed E-state index contributed by atoms with van der Waals surface area (Å²) in [6, 6.07) is 12.7. The van der Waals surface area contributed by atoms with Gasteiger partial charge in [0.15, 0.2) is 5.83 Å². The molecule has 0 unspecified atom stereocenters. The van der Waals surface area contributed by atoms with E-state index in [2.05, 4.69) is 28.5 Å². The van der Waals surface area contributed by atoms with E-state index in [1.165, 1.54) is 11.0 Å². The van der Waals surface area contributed by atoms with Crippen molar-refractivity contribution in [3.63, 3.8) is 0 Å². The van der Waals surface area contributed by atoms with Crippen molar-refractivity contribution >= 4 is 39.8 Å². The maximum atomic E-state index is 14.5. The van der Waals surface area contributed by atoms with Crippen molar-refractivity contribution in [1.29, 1.82) is 10.5 Å². The molecule has 13 heteroatoms. The lowest BCUT2D eigenvalue weighted by molar-refractivity contribution is -0.131. The minimum Gasteiger partial charge on any atom is -0.457 e. The zero-order valence-corrected chi connectivity index (χ0v) is 25.3. The van der Waals surface area contributed by atoms with Gasteiger partial charge in [0.1, 0.15) is 17.7 Å². The van der Waals surface area contributed by atoms with Crippen LogP contribution in [0.1, 0.15) is 24.1 Å². The highest BCUT2D eigenvalue weighted by molar-refractivity contribution is 6.36. The number of fused-ring (bicyclic) bond motifs is 2. The maximum Gasteiger partial charge on any atom is 0.319 e. The Morgan fingerprint density at radius 3 is 2.67 bits per heavy atom. The van der Waals surface area contributed by atoms with E-state index in [1.807, 2.05) is 23.1 Å². The van der Waals surface area contributed by atoms with E-state index in [0.29, 0.717) is 63.3 Å². The van der Waals surface area contributed by atoms with Crippen LogP contribution in [0, 0.1) is 28.5 Å². The average Bonchev–Trinajstić information content (AvgIpc) is 3.02. The van der Waals surface area contributed by atoms with Gasteiger partial charge in [0.2, 0.25) is 0 Å². The predicted octanol–water partition coefficient (Wildman–Crippen LogP) is 4.38. The van der Waals surface area contributed by atoms with Gasteiger partial charge in [-0.1, -0.05) is 36.4 Å². The first-order valence-electron chi connectivity index (χ1n) is 14.8. The molecule has 0 spiro atoms. The van der Waals surface area contributed by atoms with Crippen LogP contribution < -0.4 is 14.5 Å². The SMILES string of the molecule is C=C(F)C(=O)N1CCN(c2nc(OC3CN(CCC#N)C3)nc3c2CCN(c2cccc4ccc(F)c(Cl)c24)C3)C[C@@H]1CC#N. The molecule has 0 saturated carbocycles. The number of benzene rings is 2. The van der Waals surface area contributed by atoms with Crippen molar-refractivity contribution in [1.82, 2.24) is 19.8 Å². The molecule has 2 saturated heterocycles. The third kappa shape index (κ3) is 6.08.